The summed E-state index contributed by atoms with van der Waals surface area (Å²) < 4.78 is 0. The van der Waals surface area contributed by atoms with E-state index in [0.717, 1.165) is 31.4 Å². The first-order valence-corrected chi connectivity index (χ1v) is 10.2. The van der Waals surface area contributed by atoms with Crippen LogP contribution in [0.3, 0.4) is 0 Å². The predicted molar refractivity (Wildman–Crippen MR) is 112 cm³/mol. The van der Waals surface area contributed by atoms with E-state index in [1.54, 1.807) is 12.1 Å². The molecule has 2 N–H and O–H groups in total. The Hall–Kier alpha value is -2.69. The summed E-state index contributed by atoms with van der Waals surface area (Å²) >= 11 is 0. The Kier molecular flexibility index (Phi) is 6.80. The van der Waals surface area contributed by atoms with Crippen LogP contribution in [0.2, 0.25) is 0 Å². The first kappa shape index (κ1) is 20.1. The second-order valence-corrected chi connectivity index (χ2v) is 7.82. The van der Waals surface area contributed by atoms with Crippen LogP contribution in [0.1, 0.15) is 84.7 Å². The van der Waals surface area contributed by atoms with Crippen LogP contribution in [-0.2, 0) is 0 Å². The zero-order valence-corrected chi connectivity index (χ0v) is 16.7. The molecule has 1 heterocycles. The van der Waals surface area contributed by atoms with Gasteiger partial charge in [0.25, 0.3) is 11.8 Å². The van der Waals surface area contributed by atoms with Crippen LogP contribution in [0.5, 0.6) is 0 Å². The van der Waals surface area contributed by atoms with Gasteiger partial charge in [0.1, 0.15) is 5.69 Å². The topological polar surface area (TPSA) is 71.1 Å². The fraction of sp³-hybridized carbons (Fsp3) is 0.435. The number of pyridine rings is 1. The van der Waals surface area contributed by atoms with Crippen LogP contribution >= 0.6 is 0 Å². The Labute approximate surface area is 167 Å². The molecule has 5 heteroatoms. The molecule has 1 aliphatic rings. The molecule has 0 aliphatic heterocycles. The van der Waals surface area contributed by atoms with E-state index < -0.39 is 0 Å². The summed E-state index contributed by atoms with van der Waals surface area (Å²) in [4.78, 5) is 29.3. The molecule has 1 aromatic heterocycles. The molecule has 0 saturated heterocycles. The Bertz CT molecular complexity index is 807. The smallest absolute Gasteiger partial charge is 0.270 e. The number of benzene rings is 1. The summed E-state index contributed by atoms with van der Waals surface area (Å²) in [5, 5.41) is 5.96. The van der Waals surface area contributed by atoms with Crippen molar-refractivity contribution in [1.82, 2.24) is 10.3 Å². The maximum absolute atomic E-state index is 12.6. The average Bonchev–Trinajstić information content (AvgIpc) is 2.97. The number of nitrogens with zero attached hydrogens (tertiary/aromatic N) is 1. The minimum atomic E-state index is -0.247. The predicted octanol–water partition coefficient (Wildman–Crippen LogP) is 4.91. The van der Waals surface area contributed by atoms with Crippen LogP contribution in [-0.4, -0.2) is 22.8 Å². The van der Waals surface area contributed by atoms with Crippen molar-refractivity contribution in [2.24, 2.45) is 0 Å². The van der Waals surface area contributed by atoms with Gasteiger partial charge in [-0.05, 0) is 48.6 Å². The molecule has 3 rings (SSSR count). The highest BCUT2D eigenvalue weighted by Crippen LogP contribution is 2.19. The third kappa shape index (κ3) is 5.41. The van der Waals surface area contributed by atoms with E-state index in [1.165, 1.54) is 24.6 Å². The average molecular weight is 380 g/mol. The van der Waals surface area contributed by atoms with E-state index in [-0.39, 0.29) is 23.6 Å². The molecule has 1 aromatic carbocycles. The van der Waals surface area contributed by atoms with Crippen molar-refractivity contribution in [3.8, 4) is 0 Å². The van der Waals surface area contributed by atoms with Crippen LogP contribution in [0, 0.1) is 0 Å². The number of nitrogens with one attached hydrogen (secondary N) is 2. The van der Waals surface area contributed by atoms with E-state index in [0.29, 0.717) is 11.5 Å². The molecule has 1 aliphatic carbocycles. The molecule has 28 heavy (non-hydrogen) atoms. The van der Waals surface area contributed by atoms with Gasteiger partial charge in [0.15, 0.2) is 0 Å². The second-order valence-electron chi connectivity index (χ2n) is 7.82. The fourth-order valence-electron chi connectivity index (χ4n) is 3.53. The molecule has 0 spiro atoms. The molecule has 0 bridgehead atoms. The quantitative estimate of drug-likeness (QED) is 0.725. The van der Waals surface area contributed by atoms with Crippen molar-refractivity contribution in [2.45, 2.75) is 64.3 Å². The summed E-state index contributed by atoms with van der Waals surface area (Å²) in [6.07, 6.45) is 8.30. The van der Waals surface area contributed by atoms with E-state index >= 15 is 0 Å². The molecule has 1 saturated carbocycles. The van der Waals surface area contributed by atoms with Crippen LogP contribution in [0.25, 0.3) is 0 Å². The SMILES string of the molecule is CC(C)c1ccc(NC(=O)c2ccnc(C(=O)NC3CCCCCC3)c2)cc1. The normalized spacial score (nSPS) is 15.1. The second kappa shape index (κ2) is 9.49. The van der Waals surface area contributed by atoms with E-state index in [2.05, 4.69) is 29.5 Å². The lowest BCUT2D eigenvalue weighted by molar-refractivity contribution is 0.0928. The zero-order valence-electron chi connectivity index (χ0n) is 16.7. The van der Waals surface area contributed by atoms with Gasteiger partial charge < -0.3 is 10.6 Å². The fourth-order valence-corrected chi connectivity index (χ4v) is 3.53. The number of anilines is 1. The zero-order chi connectivity index (χ0) is 19.9. The number of aromatic nitrogens is 1. The third-order valence-electron chi connectivity index (χ3n) is 5.28. The van der Waals surface area contributed by atoms with Crippen LogP contribution in [0.15, 0.2) is 42.6 Å². The van der Waals surface area contributed by atoms with Crippen molar-refractivity contribution in [3.63, 3.8) is 0 Å². The standard InChI is InChI=1S/C23H29N3O2/c1-16(2)17-9-11-20(12-10-17)25-22(27)18-13-14-24-21(15-18)23(28)26-19-7-5-3-4-6-8-19/h9-16,19H,3-8H2,1-2H3,(H,25,27)(H,26,28). The molecule has 5 nitrogen and oxygen atoms in total. The molecule has 1 fully saturated rings. The lowest BCUT2D eigenvalue weighted by Gasteiger charge is -2.16. The maximum Gasteiger partial charge on any atom is 0.270 e. The lowest BCUT2D eigenvalue weighted by atomic mass is 10.0. The molecule has 0 radical (unpaired) electrons. The van der Waals surface area contributed by atoms with Crippen molar-refractivity contribution in [1.29, 1.82) is 0 Å². The van der Waals surface area contributed by atoms with E-state index in [4.69, 9.17) is 0 Å². The van der Waals surface area contributed by atoms with Crippen molar-refractivity contribution >= 4 is 17.5 Å². The monoisotopic (exact) mass is 379 g/mol. The molecule has 2 amide bonds. The first-order valence-electron chi connectivity index (χ1n) is 10.2. The maximum atomic E-state index is 12.6. The minimum absolute atomic E-state index is 0.203. The molecule has 148 valence electrons. The Morgan fingerprint density at radius 3 is 2.29 bits per heavy atom. The van der Waals surface area contributed by atoms with Crippen molar-refractivity contribution < 1.29 is 9.59 Å². The summed E-state index contributed by atoms with van der Waals surface area (Å²) in [6, 6.07) is 11.2. The van der Waals surface area contributed by atoms with Gasteiger partial charge in [-0.1, -0.05) is 51.7 Å². The summed E-state index contributed by atoms with van der Waals surface area (Å²) in [7, 11) is 0. The number of carbonyl (C=O) groups is 2. The van der Waals surface area contributed by atoms with Crippen LogP contribution < -0.4 is 10.6 Å². The van der Waals surface area contributed by atoms with Gasteiger partial charge in [0.05, 0.1) is 0 Å². The Balaban J connectivity index is 1.64. The highest BCUT2D eigenvalue weighted by molar-refractivity contribution is 6.05. The summed E-state index contributed by atoms with van der Waals surface area (Å²) in [5.74, 6) is -0.00877. The number of hydrogen-bond donors (Lipinski definition) is 2. The highest BCUT2D eigenvalue weighted by Gasteiger charge is 2.18. The minimum Gasteiger partial charge on any atom is -0.348 e. The molecule has 2 aromatic rings. The Morgan fingerprint density at radius 2 is 1.64 bits per heavy atom. The number of hydrogen-bond acceptors (Lipinski definition) is 3. The van der Waals surface area contributed by atoms with Crippen LogP contribution in [0.4, 0.5) is 5.69 Å². The van der Waals surface area contributed by atoms with Crippen molar-refractivity contribution in [2.75, 3.05) is 5.32 Å². The van der Waals surface area contributed by atoms with Gasteiger partial charge in [-0.3, -0.25) is 14.6 Å². The van der Waals surface area contributed by atoms with E-state index in [1.807, 2.05) is 24.3 Å². The largest absolute Gasteiger partial charge is 0.348 e. The summed E-state index contributed by atoms with van der Waals surface area (Å²) in [6.45, 7) is 4.26. The molecule has 0 atom stereocenters. The lowest BCUT2D eigenvalue weighted by Crippen LogP contribution is -2.35. The van der Waals surface area contributed by atoms with Gasteiger partial charge in [-0.2, -0.15) is 0 Å². The molecular weight excluding hydrogens is 350 g/mol. The van der Waals surface area contributed by atoms with Gasteiger partial charge in [-0.25, -0.2) is 0 Å². The van der Waals surface area contributed by atoms with Crippen molar-refractivity contribution in [3.05, 3.63) is 59.4 Å². The van der Waals surface area contributed by atoms with Gasteiger partial charge in [-0.15, -0.1) is 0 Å². The van der Waals surface area contributed by atoms with E-state index in [9.17, 15) is 9.59 Å². The van der Waals surface area contributed by atoms with Gasteiger partial charge >= 0.3 is 0 Å². The molecule has 0 unspecified atom stereocenters. The Morgan fingerprint density at radius 1 is 0.964 bits per heavy atom. The molecular formula is C23H29N3O2. The first-order chi connectivity index (χ1) is 13.5. The van der Waals surface area contributed by atoms with Gasteiger partial charge in [0.2, 0.25) is 0 Å². The third-order valence-corrected chi connectivity index (χ3v) is 5.28. The number of amides is 2. The van der Waals surface area contributed by atoms with Gasteiger partial charge in [0, 0.05) is 23.5 Å². The number of carbonyl (C=O) groups excluding carboxylic acids is 2. The highest BCUT2D eigenvalue weighted by atomic mass is 16.2. The summed E-state index contributed by atoms with van der Waals surface area (Å²) in [5.41, 5.74) is 2.66. The number of rotatable bonds is 5.